The number of fused-ring (bicyclic) bond motifs is 1. The van der Waals surface area contributed by atoms with Gasteiger partial charge in [0, 0.05) is 28.5 Å². The van der Waals surface area contributed by atoms with Crippen LogP contribution in [0.3, 0.4) is 0 Å². The molecular formula is C18H18N2OS. The zero-order valence-corrected chi connectivity index (χ0v) is 13.3. The lowest BCUT2D eigenvalue weighted by Crippen LogP contribution is -2.12. The highest BCUT2D eigenvalue weighted by Crippen LogP contribution is 2.30. The van der Waals surface area contributed by atoms with Gasteiger partial charge in [-0.25, -0.2) is 0 Å². The van der Waals surface area contributed by atoms with E-state index in [4.69, 9.17) is 5.73 Å². The van der Waals surface area contributed by atoms with Gasteiger partial charge in [0.1, 0.15) is 0 Å². The number of hydrogen-bond acceptors (Lipinski definition) is 2. The van der Waals surface area contributed by atoms with Gasteiger partial charge < -0.3 is 10.3 Å². The van der Waals surface area contributed by atoms with Crippen molar-refractivity contribution in [1.29, 1.82) is 0 Å². The van der Waals surface area contributed by atoms with Crippen LogP contribution in [0.25, 0.3) is 10.9 Å². The molecule has 2 N–H and O–H groups in total. The van der Waals surface area contributed by atoms with Crippen molar-refractivity contribution in [3.8, 4) is 0 Å². The predicted molar refractivity (Wildman–Crippen MR) is 92.1 cm³/mol. The molecule has 0 atom stereocenters. The molecular weight excluding hydrogens is 292 g/mol. The first kappa shape index (κ1) is 14.7. The Kier molecular flexibility index (Phi) is 4.20. The largest absolute Gasteiger partial charge is 0.369 e. The fraction of sp³-hybridized carbons (Fsp3) is 0.167. The van der Waals surface area contributed by atoms with Gasteiger partial charge in [-0.3, -0.25) is 4.79 Å². The van der Waals surface area contributed by atoms with Crippen molar-refractivity contribution < 1.29 is 4.79 Å². The van der Waals surface area contributed by atoms with Gasteiger partial charge in [0.2, 0.25) is 5.91 Å². The molecule has 0 unspecified atom stereocenters. The van der Waals surface area contributed by atoms with Crippen molar-refractivity contribution in [2.45, 2.75) is 18.4 Å². The monoisotopic (exact) mass is 310 g/mol. The van der Waals surface area contributed by atoms with Crippen LogP contribution in [0.1, 0.15) is 11.1 Å². The molecule has 22 heavy (non-hydrogen) atoms. The van der Waals surface area contributed by atoms with E-state index in [-0.39, 0.29) is 5.91 Å². The summed E-state index contributed by atoms with van der Waals surface area (Å²) >= 11 is 1.50. The molecule has 3 aromatic rings. The van der Waals surface area contributed by atoms with E-state index in [2.05, 4.69) is 54.1 Å². The molecule has 2 aromatic carbocycles. The smallest absolute Gasteiger partial charge is 0.227 e. The summed E-state index contributed by atoms with van der Waals surface area (Å²) in [6.07, 6.45) is 2.12. The zero-order valence-electron chi connectivity index (χ0n) is 12.5. The maximum absolute atomic E-state index is 11.0. The molecule has 0 saturated carbocycles. The summed E-state index contributed by atoms with van der Waals surface area (Å²) in [4.78, 5) is 12.1. The van der Waals surface area contributed by atoms with Crippen LogP contribution in [-0.2, 0) is 11.3 Å². The summed E-state index contributed by atoms with van der Waals surface area (Å²) < 4.78 is 2.24. The van der Waals surface area contributed by atoms with Crippen LogP contribution in [0.5, 0.6) is 0 Å². The molecule has 0 fully saturated rings. The van der Waals surface area contributed by atoms with Crippen molar-refractivity contribution in [2.24, 2.45) is 5.73 Å². The standard InChI is InChI=1S/C18H18N2OS/c1-13-6-2-3-7-14(13)10-20-11-17(22-12-18(19)21)15-8-4-5-9-16(15)20/h2-9,11H,10,12H2,1H3,(H2,19,21). The molecule has 0 bridgehead atoms. The summed E-state index contributed by atoms with van der Waals surface area (Å²) in [6, 6.07) is 16.7. The molecule has 112 valence electrons. The Balaban J connectivity index is 1.99. The van der Waals surface area contributed by atoms with Crippen LogP contribution in [-0.4, -0.2) is 16.2 Å². The van der Waals surface area contributed by atoms with E-state index in [1.54, 1.807) is 0 Å². The lowest BCUT2D eigenvalue weighted by atomic mass is 10.1. The SMILES string of the molecule is Cc1ccccc1Cn1cc(SCC(N)=O)c2ccccc21. The molecule has 4 heteroatoms. The summed E-state index contributed by atoms with van der Waals surface area (Å²) in [7, 11) is 0. The number of benzene rings is 2. The number of carbonyl (C=O) groups excluding carboxylic acids is 1. The van der Waals surface area contributed by atoms with Crippen LogP contribution in [0.2, 0.25) is 0 Å². The summed E-state index contributed by atoms with van der Waals surface area (Å²) in [6.45, 7) is 2.95. The minimum atomic E-state index is -0.291. The molecule has 0 saturated heterocycles. The van der Waals surface area contributed by atoms with Gasteiger partial charge in [0.15, 0.2) is 0 Å². The Hall–Kier alpha value is -2.20. The number of hydrogen-bond donors (Lipinski definition) is 1. The van der Waals surface area contributed by atoms with Gasteiger partial charge in [-0.05, 0) is 24.1 Å². The molecule has 0 aliphatic heterocycles. The van der Waals surface area contributed by atoms with Crippen LogP contribution < -0.4 is 5.73 Å². The average Bonchev–Trinajstić information content (AvgIpc) is 2.86. The first-order valence-electron chi connectivity index (χ1n) is 7.18. The second-order valence-electron chi connectivity index (χ2n) is 5.32. The lowest BCUT2D eigenvalue weighted by molar-refractivity contribution is -0.115. The highest BCUT2D eigenvalue weighted by atomic mass is 32.2. The molecule has 0 radical (unpaired) electrons. The van der Waals surface area contributed by atoms with E-state index in [0.29, 0.717) is 5.75 Å². The lowest BCUT2D eigenvalue weighted by Gasteiger charge is -2.08. The number of aryl methyl sites for hydroxylation is 1. The van der Waals surface area contributed by atoms with Crippen LogP contribution in [0, 0.1) is 6.92 Å². The third-order valence-corrected chi connectivity index (χ3v) is 4.79. The third-order valence-electron chi connectivity index (χ3n) is 3.72. The van der Waals surface area contributed by atoms with E-state index in [0.717, 1.165) is 11.4 Å². The van der Waals surface area contributed by atoms with E-state index < -0.39 is 0 Å². The summed E-state index contributed by atoms with van der Waals surface area (Å²) in [5, 5.41) is 1.17. The summed E-state index contributed by atoms with van der Waals surface area (Å²) in [5.74, 6) is 0.0130. The number of thioether (sulfide) groups is 1. The average molecular weight is 310 g/mol. The van der Waals surface area contributed by atoms with Crippen molar-refractivity contribution in [3.63, 3.8) is 0 Å². The van der Waals surface area contributed by atoms with Crippen LogP contribution >= 0.6 is 11.8 Å². The van der Waals surface area contributed by atoms with Gasteiger partial charge in [-0.2, -0.15) is 0 Å². The zero-order chi connectivity index (χ0) is 15.5. The fourth-order valence-corrected chi connectivity index (χ4v) is 3.41. The molecule has 0 aliphatic rings. The number of nitrogens with zero attached hydrogens (tertiary/aromatic N) is 1. The fourth-order valence-electron chi connectivity index (χ4n) is 2.58. The maximum atomic E-state index is 11.0. The number of aromatic nitrogens is 1. The van der Waals surface area contributed by atoms with Crippen molar-refractivity contribution in [3.05, 3.63) is 65.9 Å². The Morgan fingerprint density at radius 3 is 2.64 bits per heavy atom. The quantitative estimate of drug-likeness (QED) is 0.732. The van der Waals surface area contributed by atoms with E-state index in [1.807, 2.05) is 12.1 Å². The first-order valence-corrected chi connectivity index (χ1v) is 8.17. The van der Waals surface area contributed by atoms with Crippen molar-refractivity contribution in [1.82, 2.24) is 4.57 Å². The van der Waals surface area contributed by atoms with E-state index >= 15 is 0 Å². The number of rotatable bonds is 5. The Morgan fingerprint density at radius 2 is 1.86 bits per heavy atom. The Morgan fingerprint density at radius 1 is 1.14 bits per heavy atom. The molecule has 3 nitrogen and oxygen atoms in total. The summed E-state index contributed by atoms with van der Waals surface area (Å²) in [5.41, 5.74) is 9.03. The second kappa shape index (κ2) is 6.28. The van der Waals surface area contributed by atoms with Gasteiger partial charge in [0.05, 0.1) is 5.75 Å². The number of para-hydroxylation sites is 1. The van der Waals surface area contributed by atoms with E-state index in [9.17, 15) is 4.79 Å². The molecule has 1 heterocycles. The molecule has 0 aliphatic carbocycles. The van der Waals surface area contributed by atoms with Gasteiger partial charge in [-0.15, -0.1) is 11.8 Å². The third kappa shape index (κ3) is 3.02. The Bertz CT molecular complexity index is 823. The van der Waals surface area contributed by atoms with Crippen molar-refractivity contribution >= 4 is 28.6 Å². The van der Waals surface area contributed by atoms with Gasteiger partial charge in [-0.1, -0.05) is 42.5 Å². The molecule has 0 spiro atoms. The Labute approximate surface area is 134 Å². The highest BCUT2D eigenvalue weighted by molar-refractivity contribution is 8.00. The van der Waals surface area contributed by atoms with Crippen molar-refractivity contribution in [2.75, 3.05) is 5.75 Å². The topological polar surface area (TPSA) is 48.0 Å². The minimum absolute atomic E-state index is 0.291. The number of primary amides is 1. The first-order chi connectivity index (χ1) is 10.6. The molecule has 1 amide bonds. The molecule has 3 rings (SSSR count). The number of nitrogens with two attached hydrogens (primary N) is 1. The van der Waals surface area contributed by atoms with E-state index in [1.165, 1.54) is 33.8 Å². The second-order valence-corrected chi connectivity index (χ2v) is 6.34. The van der Waals surface area contributed by atoms with Crippen LogP contribution in [0.4, 0.5) is 0 Å². The van der Waals surface area contributed by atoms with Gasteiger partial charge >= 0.3 is 0 Å². The number of carbonyl (C=O) groups is 1. The maximum Gasteiger partial charge on any atom is 0.227 e. The van der Waals surface area contributed by atoms with Crippen LogP contribution in [0.15, 0.2) is 59.6 Å². The van der Waals surface area contributed by atoms with Gasteiger partial charge in [0.25, 0.3) is 0 Å². The minimum Gasteiger partial charge on any atom is -0.369 e. The predicted octanol–water partition coefficient (Wildman–Crippen LogP) is 3.58. The molecule has 1 aromatic heterocycles. The number of amides is 1. The highest BCUT2D eigenvalue weighted by Gasteiger charge is 2.10. The normalized spacial score (nSPS) is 11.0.